The van der Waals surface area contributed by atoms with Crippen molar-refractivity contribution in [2.24, 2.45) is 0 Å². The summed E-state index contributed by atoms with van der Waals surface area (Å²) < 4.78 is 21.9. The number of hydrogen-bond acceptors (Lipinski definition) is 6. The van der Waals surface area contributed by atoms with Crippen molar-refractivity contribution >= 4 is 18.1 Å². The van der Waals surface area contributed by atoms with E-state index in [1.165, 1.54) is 11.3 Å². The molecule has 4 rings (SSSR count). The van der Waals surface area contributed by atoms with Crippen LogP contribution in [0.2, 0.25) is 0 Å². The maximum atomic E-state index is 5.95. The minimum atomic E-state index is 0. The van der Waals surface area contributed by atoms with Crippen molar-refractivity contribution in [3.8, 4) is 23.0 Å². The van der Waals surface area contributed by atoms with Crippen molar-refractivity contribution < 1.29 is 18.9 Å². The number of ether oxygens (including phenoxy) is 4. The molecule has 1 saturated heterocycles. The summed E-state index contributed by atoms with van der Waals surface area (Å²) in [6.45, 7) is 5.81. The van der Waals surface area contributed by atoms with E-state index in [9.17, 15) is 0 Å². The lowest BCUT2D eigenvalue weighted by Gasteiger charge is -2.36. The van der Waals surface area contributed by atoms with Crippen LogP contribution >= 0.6 is 12.4 Å². The Hall–Kier alpha value is -3.09. The van der Waals surface area contributed by atoms with Crippen LogP contribution in [-0.4, -0.2) is 59.0 Å². The van der Waals surface area contributed by atoms with Crippen LogP contribution in [-0.2, 0) is 13.0 Å². The Bertz CT molecular complexity index is 1030. The zero-order valence-corrected chi connectivity index (χ0v) is 21.6. The van der Waals surface area contributed by atoms with Gasteiger partial charge in [-0.05, 0) is 29.7 Å². The lowest BCUT2D eigenvalue weighted by atomic mass is 10.1. The fourth-order valence-corrected chi connectivity index (χ4v) is 4.16. The predicted molar refractivity (Wildman–Crippen MR) is 143 cm³/mol. The second kappa shape index (κ2) is 13.1. The molecule has 0 aromatic heterocycles. The Labute approximate surface area is 214 Å². The van der Waals surface area contributed by atoms with E-state index in [0.29, 0.717) is 18.1 Å². The largest absolute Gasteiger partial charge is 0.497 e. The Morgan fingerprint density at radius 3 is 1.89 bits per heavy atom. The highest BCUT2D eigenvalue weighted by atomic mass is 35.5. The fraction of sp³-hybridized carbons (Fsp3) is 0.357. The predicted octanol–water partition coefficient (Wildman–Crippen LogP) is 5.08. The van der Waals surface area contributed by atoms with E-state index >= 15 is 0 Å². The molecule has 0 aliphatic carbocycles. The van der Waals surface area contributed by atoms with Crippen LogP contribution in [0, 0.1) is 0 Å². The van der Waals surface area contributed by atoms with Crippen LogP contribution < -0.4 is 23.8 Å². The number of anilines is 1. The van der Waals surface area contributed by atoms with Gasteiger partial charge < -0.3 is 23.8 Å². The topological polar surface area (TPSA) is 43.4 Å². The van der Waals surface area contributed by atoms with Gasteiger partial charge in [0, 0.05) is 62.7 Å². The van der Waals surface area contributed by atoms with Gasteiger partial charge in [0.05, 0.1) is 21.3 Å². The van der Waals surface area contributed by atoms with E-state index in [1.54, 1.807) is 21.3 Å². The number of hydrogen-bond donors (Lipinski definition) is 0. The van der Waals surface area contributed by atoms with E-state index in [0.717, 1.165) is 56.2 Å². The van der Waals surface area contributed by atoms with Gasteiger partial charge in [-0.15, -0.1) is 12.4 Å². The first-order valence-electron chi connectivity index (χ1n) is 11.7. The van der Waals surface area contributed by atoms with Crippen molar-refractivity contribution in [2.45, 2.75) is 13.0 Å². The monoisotopic (exact) mass is 498 g/mol. The van der Waals surface area contributed by atoms with Gasteiger partial charge in [-0.2, -0.15) is 0 Å². The molecule has 6 nitrogen and oxygen atoms in total. The summed E-state index contributed by atoms with van der Waals surface area (Å²) in [6.07, 6.45) is 1.05. The van der Waals surface area contributed by atoms with E-state index in [1.807, 2.05) is 24.3 Å². The molecule has 188 valence electrons. The van der Waals surface area contributed by atoms with Crippen LogP contribution in [0.15, 0.2) is 66.7 Å². The first-order valence-corrected chi connectivity index (χ1v) is 11.7. The molecule has 3 aromatic rings. The molecule has 0 N–H and O–H groups in total. The Balaban J connectivity index is 0.00000342. The molecule has 7 heteroatoms. The third kappa shape index (κ3) is 7.44. The number of rotatable bonds is 10. The molecule has 0 atom stereocenters. The Kier molecular flexibility index (Phi) is 9.94. The third-order valence-corrected chi connectivity index (χ3v) is 6.26. The molecule has 1 heterocycles. The zero-order valence-electron chi connectivity index (χ0n) is 20.7. The second-order valence-corrected chi connectivity index (χ2v) is 8.43. The number of piperazine rings is 1. The quantitative estimate of drug-likeness (QED) is 0.388. The summed E-state index contributed by atoms with van der Waals surface area (Å²) in [5.74, 6) is 3.08. The molecule has 35 heavy (non-hydrogen) atoms. The highest BCUT2D eigenvalue weighted by molar-refractivity contribution is 5.85. The lowest BCUT2D eigenvalue weighted by molar-refractivity contribution is 0.261. The summed E-state index contributed by atoms with van der Waals surface area (Å²) in [7, 11) is 4.99. The van der Waals surface area contributed by atoms with Crippen molar-refractivity contribution in [2.75, 3.05) is 59.0 Å². The standard InChI is InChI=1S/C28H34N2O4.ClH/c1-31-25-6-4-5-24(17-25)30-15-13-29(14-16-30)12-11-22-7-9-23(10-8-22)21-34-28-19-26(32-2)18-27(20-28)33-3;/h4-10,17-20H,11-16,21H2,1-3H3;1H. The lowest BCUT2D eigenvalue weighted by Crippen LogP contribution is -2.47. The summed E-state index contributed by atoms with van der Waals surface area (Å²) >= 11 is 0. The van der Waals surface area contributed by atoms with E-state index < -0.39 is 0 Å². The summed E-state index contributed by atoms with van der Waals surface area (Å²) in [5, 5.41) is 0. The Morgan fingerprint density at radius 1 is 0.657 bits per heavy atom. The fourth-order valence-electron chi connectivity index (χ4n) is 4.16. The molecule has 3 aromatic carbocycles. The molecule has 0 amide bonds. The molecule has 0 radical (unpaired) electrons. The van der Waals surface area contributed by atoms with Gasteiger partial charge in [0.15, 0.2) is 0 Å². The third-order valence-electron chi connectivity index (χ3n) is 6.26. The Morgan fingerprint density at radius 2 is 1.26 bits per heavy atom. The molecule has 0 spiro atoms. The van der Waals surface area contributed by atoms with Gasteiger partial charge in [-0.25, -0.2) is 0 Å². The van der Waals surface area contributed by atoms with Crippen molar-refractivity contribution in [3.05, 3.63) is 77.9 Å². The number of nitrogens with zero attached hydrogens (tertiary/aromatic N) is 2. The summed E-state index contributed by atoms with van der Waals surface area (Å²) in [4.78, 5) is 4.98. The molecular weight excluding hydrogens is 464 g/mol. The molecule has 0 unspecified atom stereocenters. The van der Waals surface area contributed by atoms with E-state index in [2.05, 4.69) is 52.3 Å². The van der Waals surface area contributed by atoms with Gasteiger partial charge in [0.1, 0.15) is 29.6 Å². The van der Waals surface area contributed by atoms with Crippen molar-refractivity contribution in [3.63, 3.8) is 0 Å². The van der Waals surface area contributed by atoms with Gasteiger partial charge in [-0.3, -0.25) is 4.90 Å². The highest BCUT2D eigenvalue weighted by Gasteiger charge is 2.17. The molecule has 0 saturated carbocycles. The van der Waals surface area contributed by atoms with Gasteiger partial charge in [-0.1, -0.05) is 30.3 Å². The average Bonchev–Trinajstić information content (AvgIpc) is 2.91. The SMILES string of the molecule is COc1cc(OC)cc(OCc2ccc(CCN3CCN(c4cccc(OC)c4)CC3)cc2)c1.Cl. The first kappa shape index (κ1) is 26.5. The number of halogens is 1. The summed E-state index contributed by atoms with van der Waals surface area (Å²) in [5.41, 5.74) is 3.73. The molecule has 1 aliphatic heterocycles. The molecule has 1 fully saturated rings. The van der Waals surface area contributed by atoms with Gasteiger partial charge in [0.2, 0.25) is 0 Å². The van der Waals surface area contributed by atoms with Crippen LogP contribution in [0.4, 0.5) is 5.69 Å². The number of methoxy groups -OCH3 is 3. The normalized spacial score (nSPS) is 13.6. The van der Waals surface area contributed by atoms with Crippen molar-refractivity contribution in [1.82, 2.24) is 4.90 Å². The second-order valence-electron chi connectivity index (χ2n) is 8.43. The zero-order chi connectivity index (χ0) is 23.8. The number of benzene rings is 3. The van der Waals surface area contributed by atoms with Crippen LogP contribution in [0.25, 0.3) is 0 Å². The maximum Gasteiger partial charge on any atom is 0.127 e. The minimum Gasteiger partial charge on any atom is -0.497 e. The average molecular weight is 499 g/mol. The minimum absolute atomic E-state index is 0. The van der Waals surface area contributed by atoms with E-state index in [-0.39, 0.29) is 12.4 Å². The molecule has 0 bridgehead atoms. The van der Waals surface area contributed by atoms with Gasteiger partial charge >= 0.3 is 0 Å². The molecular formula is C28H35ClN2O4. The highest BCUT2D eigenvalue weighted by Crippen LogP contribution is 2.28. The van der Waals surface area contributed by atoms with Crippen LogP contribution in [0.5, 0.6) is 23.0 Å². The first-order chi connectivity index (χ1) is 16.7. The van der Waals surface area contributed by atoms with Crippen LogP contribution in [0.3, 0.4) is 0 Å². The van der Waals surface area contributed by atoms with Crippen LogP contribution in [0.1, 0.15) is 11.1 Å². The smallest absolute Gasteiger partial charge is 0.127 e. The molecule has 1 aliphatic rings. The van der Waals surface area contributed by atoms with Gasteiger partial charge in [0.25, 0.3) is 0 Å². The summed E-state index contributed by atoms with van der Waals surface area (Å²) in [6, 6.07) is 22.6. The van der Waals surface area contributed by atoms with E-state index in [4.69, 9.17) is 18.9 Å². The maximum absolute atomic E-state index is 5.95. The van der Waals surface area contributed by atoms with Crippen molar-refractivity contribution in [1.29, 1.82) is 0 Å².